The van der Waals surface area contributed by atoms with Gasteiger partial charge in [0.15, 0.2) is 12.4 Å². The standard InChI is InChI=1S/C26H28Cl2N4O2/c1-25(2)11-17-12-26(3,13-25)14-31(17)15-32-21-7-5-4-6-19(21)22(24(32)34)29-30-23(33)18-9-8-16(27)10-20(18)28/h4-10,17,34H,11-15H2,1-3H3/p+1/t17-,26-/m0/s1. The number of hydrogen-bond acceptors (Lipinski definition) is 3. The van der Waals surface area contributed by atoms with Crippen LogP contribution in [0.25, 0.3) is 10.9 Å². The Balaban J connectivity index is 1.47. The van der Waals surface area contributed by atoms with E-state index in [1.54, 1.807) is 6.07 Å². The summed E-state index contributed by atoms with van der Waals surface area (Å²) in [6.07, 6.45) is 3.63. The van der Waals surface area contributed by atoms with Gasteiger partial charge in [-0.3, -0.25) is 9.36 Å². The average molecular weight is 500 g/mol. The number of aromatic nitrogens is 1. The lowest BCUT2D eigenvalue weighted by molar-refractivity contribution is -0.936. The summed E-state index contributed by atoms with van der Waals surface area (Å²) in [5.74, 6) is -0.565. The first kappa shape index (κ1) is 23.3. The van der Waals surface area contributed by atoms with Crippen molar-refractivity contribution in [2.24, 2.45) is 21.1 Å². The van der Waals surface area contributed by atoms with Gasteiger partial charge in [-0.05, 0) is 36.1 Å². The van der Waals surface area contributed by atoms with Crippen LogP contribution >= 0.6 is 23.2 Å². The Morgan fingerprint density at radius 2 is 1.94 bits per heavy atom. The third-order valence-corrected chi connectivity index (χ3v) is 7.90. The number of carbonyl (C=O) groups is 1. The smallest absolute Gasteiger partial charge is 0.296 e. The zero-order valence-electron chi connectivity index (χ0n) is 19.6. The van der Waals surface area contributed by atoms with E-state index in [2.05, 4.69) is 31.0 Å². The van der Waals surface area contributed by atoms with Crippen molar-refractivity contribution in [3.63, 3.8) is 0 Å². The predicted octanol–water partition coefficient (Wildman–Crippen LogP) is 6.02. The van der Waals surface area contributed by atoms with E-state index in [1.807, 2.05) is 28.8 Å². The third kappa shape index (κ3) is 4.23. The Kier molecular flexibility index (Phi) is 5.74. The second-order valence-electron chi connectivity index (χ2n) is 11.0. The molecule has 3 atom stereocenters. The number of benzene rings is 2. The minimum absolute atomic E-state index is 0.0262. The van der Waals surface area contributed by atoms with E-state index in [1.165, 1.54) is 36.3 Å². The number of rotatable bonds is 4. The summed E-state index contributed by atoms with van der Waals surface area (Å²) < 4.78 is 1.91. The molecule has 1 aliphatic carbocycles. The molecule has 2 heterocycles. The number of amides is 1. The molecule has 1 unspecified atom stereocenters. The highest BCUT2D eigenvalue weighted by molar-refractivity contribution is 6.36. The lowest BCUT2D eigenvalue weighted by Gasteiger charge is -2.37. The number of fused-ring (bicyclic) bond motifs is 3. The van der Waals surface area contributed by atoms with E-state index in [0.717, 1.165) is 17.4 Å². The molecule has 2 fully saturated rings. The molecule has 0 spiro atoms. The maximum Gasteiger partial charge on any atom is 0.296 e. The van der Waals surface area contributed by atoms with Gasteiger partial charge < -0.3 is 10.0 Å². The fourth-order valence-electron chi connectivity index (χ4n) is 6.48. The first-order valence-electron chi connectivity index (χ1n) is 11.6. The second kappa shape index (κ2) is 8.36. The molecule has 0 radical (unpaired) electrons. The van der Waals surface area contributed by atoms with E-state index < -0.39 is 5.91 Å². The first-order valence-corrected chi connectivity index (χ1v) is 12.4. The number of azo groups is 1. The summed E-state index contributed by atoms with van der Waals surface area (Å²) in [5, 5.41) is 20.6. The van der Waals surface area contributed by atoms with Gasteiger partial charge >= 0.3 is 0 Å². The van der Waals surface area contributed by atoms with Crippen LogP contribution in [0.3, 0.4) is 0 Å². The number of nitrogens with one attached hydrogen (secondary N) is 1. The van der Waals surface area contributed by atoms with Crippen LogP contribution in [0.4, 0.5) is 5.69 Å². The van der Waals surface area contributed by atoms with Crippen LogP contribution in [-0.2, 0) is 6.67 Å². The van der Waals surface area contributed by atoms with Crippen molar-refractivity contribution < 1.29 is 14.8 Å². The van der Waals surface area contributed by atoms with Crippen molar-refractivity contribution in [2.75, 3.05) is 6.54 Å². The van der Waals surface area contributed by atoms with E-state index in [-0.39, 0.29) is 16.5 Å². The number of aromatic hydroxyl groups is 1. The van der Waals surface area contributed by atoms with Crippen LogP contribution in [-0.4, -0.2) is 28.2 Å². The topological polar surface area (TPSA) is 71.4 Å². The fraction of sp³-hybridized carbons (Fsp3) is 0.423. The molecule has 1 aliphatic heterocycles. The molecule has 1 saturated carbocycles. The van der Waals surface area contributed by atoms with Crippen molar-refractivity contribution in [2.45, 2.75) is 52.7 Å². The number of hydrogen-bond donors (Lipinski definition) is 2. The molecule has 1 aromatic heterocycles. The Morgan fingerprint density at radius 1 is 1.18 bits per heavy atom. The van der Waals surface area contributed by atoms with Gasteiger partial charge in [-0.1, -0.05) is 62.2 Å². The molecular weight excluding hydrogens is 471 g/mol. The van der Waals surface area contributed by atoms with Crippen LogP contribution in [0.5, 0.6) is 5.88 Å². The van der Waals surface area contributed by atoms with Gasteiger partial charge in [-0.2, -0.15) is 0 Å². The molecule has 2 N–H and O–H groups in total. The van der Waals surface area contributed by atoms with Crippen molar-refractivity contribution >= 4 is 45.7 Å². The molecule has 5 rings (SSSR count). The first-order chi connectivity index (χ1) is 16.1. The maximum atomic E-state index is 12.6. The van der Waals surface area contributed by atoms with Crippen molar-refractivity contribution in [3.05, 3.63) is 58.1 Å². The number of nitrogens with zero attached hydrogens (tertiary/aromatic N) is 3. The summed E-state index contributed by atoms with van der Waals surface area (Å²) in [6.45, 7) is 8.86. The quantitative estimate of drug-likeness (QED) is 0.430. The van der Waals surface area contributed by atoms with E-state index in [4.69, 9.17) is 23.2 Å². The molecule has 34 heavy (non-hydrogen) atoms. The second-order valence-corrected chi connectivity index (χ2v) is 11.8. The zero-order valence-corrected chi connectivity index (χ0v) is 21.1. The van der Waals surface area contributed by atoms with Crippen molar-refractivity contribution in [1.82, 2.24) is 4.57 Å². The molecule has 6 nitrogen and oxygen atoms in total. The van der Waals surface area contributed by atoms with Crippen LogP contribution in [0.2, 0.25) is 10.0 Å². The number of para-hydroxylation sites is 1. The minimum atomic E-state index is -0.591. The van der Waals surface area contributed by atoms with Crippen molar-refractivity contribution in [3.8, 4) is 5.88 Å². The van der Waals surface area contributed by atoms with Gasteiger partial charge in [0.25, 0.3) is 5.91 Å². The number of likely N-dealkylation sites (tertiary alicyclic amines) is 1. The summed E-state index contributed by atoms with van der Waals surface area (Å²) >= 11 is 12.1. The summed E-state index contributed by atoms with van der Waals surface area (Å²) in [4.78, 5) is 14.1. The molecule has 8 heteroatoms. The normalized spacial score (nSPS) is 25.9. The van der Waals surface area contributed by atoms with Crippen LogP contribution in [0.1, 0.15) is 50.4 Å². The lowest BCUT2D eigenvalue weighted by Crippen LogP contribution is -3.13. The largest absolute Gasteiger partial charge is 0.493 e. The Labute approximate surface area is 209 Å². The van der Waals surface area contributed by atoms with E-state index in [0.29, 0.717) is 34.3 Å². The average Bonchev–Trinajstić information content (AvgIpc) is 3.15. The lowest BCUT2D eigenvalue weighted by atomic mass is 9.65. The van der Waals surface area contributed by atoms with Gasteiger partial charge in [0, 0.05) is 28.7 Å². The third-order valence-electron chi connectivity index (χ3n) is 7.36. The highest BCUT2D eigenvalue weighted by atomic mass is 35.5. The van der Waals surface area contributed by atoms with Gasteiger partial charge in [-0.25, -0.2) is 0 Å². The number of carbonyl (C=O) groups excluding carboxylic acids is 1. The molecule has 1 saturated heterocycles. The zero-order chi connectivity index (χ0) is 24.3. The molecule has 178 valence electrons. The van der Waals surface area contributed by atoms with Crippen molar-refractivity contribution in [1.29, 1.82) is 0 Å². The Hall–Kier alpha value is -2.41. The van der Waals surface area contributed by atoms with Crippen LogP contribution in [0, 0.1) is 10.8 Å². The molecule has 2 aromatic carbocycles. The monoisotopic (exact) mass is 499 g/mol. The maximum absolute atomic E-state index is 12.6. The van der Waals surface area contributed by atoms with Gasteiger partial charge in [0.05, 0.1) is 28.7 Å². The Bertz CT molecular complexity index is 1320. The van der Waals surface area contributed by atoms with Gasteiger partial charge in [0.1, 0.15) is 0 Å². The highest BCUT2D eigenvalue weighted by Gasteiger charge is 2.52. The summed E-state index contributed by atoms with van der Waals surface area (Å²) in [6, 6.07) is 12.9. The van der Waals surface area contributed by atoms with E-state index >= 15 is 0 Å². The molecular formula is C26H29Cl2N4O2+. The molecule has 2 bridgehead atoms. The van der Waals surface area contributed by atoms with Crippen LogP contribution in [0.15, 0.2) is 52.7 Å². The summed E-state index contributed by atoms with van der Waals surface area (Å²) in [7, 11) is 0. The number of quaternary nitrogens is 1. The summed E-state index contributed by atoms with van der Waals surface area (Å²) in [5.41, 5.74) is 2.05. The van der Waals surface area contributed by atoms with Gasteiger partial charge in [-0.15, -0.1) is 10.2 Å². The van der Waals surface area contributed by atoms with Crippen LogP contribution < -0.4 is 4.90 Å². The molecule has 2 aliphatic rings. The highest BCUT2D eigenvalue weighted by Crippen LogP contribution is 2.47. The Morgan fingerprint density at radius 3 is 2.71 bits per heavy atom. The van der Waals surface area contributed by atoms with E-state index in [9.17, 15) is 9.90 Å². The SMILES string of the molecule is CC1(C)C[C@H]2C[C@](C)(C[NH+]2Cn2c(O)c(N=NC(=O)c3ccc(Cl)cc3Cl)c3ccccc32)C1. The van der Waals surface area contributed by atoms with Gasteiger partial charge in [0.2, 0.25) is 5.88 Å². The minimum Gasteiger partial charge on any atom is -0.493 e. The predicted molar refractivity (Wildman–Crippen MR) is 134 cm³/mol. The molecule has 1 amide bonds. The molecule has 3 aromatic rings. The number of halogens is 2. The fourth-order valence-corrected chi connectivity index (χ4v) is 6.97.